The molecule has 4 heterocycles. The smallest absolute Gasteiger partial charge is 0.173 e. The van der Waals surface area contributed by atoms with Crippen LogP contribution in [0, 0.1) is 17.7 Å². The van der Waals surface area contributed by atoms with Gasteiger partial charge < -0.3 is 4.90 Å². The molecule has 0 amide bonds. The van der Waals surface area contributed by atoms with Crippen molar-refractivity contribution >= 4 is 27.2 Å². The van der Waals surface area contributed by atoms with Crippen LogP contribution in [0.15, 0.2) is 24.3 Å². The number of fused-ring (bicyclic) bond motifs is 4. The number of nitrogens with zero attached hydrogens (tertiary/aromatic N) is 1. The highest BCUT2D eigenvalue weighted by molar-refractivity contribution is 7.20. The SMILES string of the molecule is O=C(C[C@H]1CN2CCC1CC2)c1cc2cccc(F)c2s1. The molecule has 1 aromatic carbocycles. The van der Waals surface area contributed by atoms with Gasteiger partial charge in [-0.25, -0.2) is 4.39 Å². The van der Waals surface area contributed by atoms with Gasteiger partial charge in [-0.1, -0.05) is 12.1 Å². The van der Waals surface area contributed by atoms with Gasteiger partial charge >= 0.3 is 0 Å². The Balaban J connectivity index is 1.55. The van der Waals surface area contributed by atoms with Crippen LogP contribution in [0.4, 0.5) is 4.39 Å². The summed E-state index contributed by atoms with van der Waals surface area (Å²) in [5, 5.41) is 0.845. The fraction of sp³-hybridized carbons (Fsp3) is 0.471. The minimum absolute atomic E-state index is 0.189. The number of hydrogen-bond acceptors (Lipinski definition) is 3. The van der Waals surface area contributed by atoms with E-state index < -0.39 is 0 Å². The first-order valence-corrected chi connectivity index (χ1v) is 8.46. The van der Waals surface area contributed by atoms with Crippen molar-refractivity contribution in [2.24, 2.45) is 11.8 Å². The van der Waals surface area contributed by atoms with Gasteiger partial charge in [0.2, 0.25) is 0 Å². The molecule has 0 radical (unpaired) electrons. The molecule has 0 aliphatic carbocycles. The molecule has 4 heteroatoms. The highest BCUT2D eigenvalue weighted by Gasteiger charge is 2.35. The van der Waals surface area contributed by atoms with Crippen LogP contribution in [0.2, 0.25) is 0 Å². The monoisotopic (exact) mass is 303 g/mol. The van der Waals surface area contributed by atoms with Gasteiger partial charge in [0.25, 0.3) is 0 Å². The Morgan fingerprint density at radius 3 is 2.81 bits per heavy atom. The lowest BCUT2D eigenvalue weighted by molar-refractivity contribution is 0.0442. The molecule has 1 aromatic heterocycles. The minimum Gasteiger partial charge on any atom is -0.303 e. The first-order valence-electron chi connectivity index (χ1n) is 7.64. The summed E-state index contributed by atoms with van der Waals surface area (Å²) in [5.41, 5.74) is 0. The molecule has 0 unspecified atom stereocenters. The molecule has 2 aromatic rings. The van der Waals surface area contributed by atoms with E-state index in [0.717, 1.165) is 11.9 Å². The van der Waals surface area contributed by atoms with E-state index in [1.165, 1.54) is 43.3 Å². The Hall–Kier alpha value is -1.26. The van der Waals surface area contributed by atoms with Crippen LogP contribution in [-0.2, 0) is 0 Å². The normalized spacial score (nSPS) is 28.1. The van der Waals surface area contributed by atoms with E-state index in [2.05, 4.69) is 4.90 Å². The minimum atomic E-state index is -0.223. The van der Waals surface area contributed by atoms with Gasteiger partial charge in [-0.2, -0.15) is 0 Å². The predicted molar refractivity (Wildman–Crippen MR) is 83.4 cm³/mol. The van der Waals surface area contributed by atoms with Gasteiger partial charge in [0.05, 0.1) is 9.58 Å². The molecule has 2 bridgehead atoms. The zero-order chi connectivity index (χ0) is 14.4. The Kier molecular flexibility index (Phi) is 3.31. The number of Topliss-reactive ketones (excluding diaryl/α,β-unsaturated/α-hetero) is 1. The van der Waals surface area contributed by atoms with E-state index in [0.29, 0.717) is 27.8 Å². The van der Waals surface area contributed by atoms with Crippen LogP contribution in [0.25, 0.3) is 10.1 Å². The fourth-order valence-corrected chi connectivity index (χ4v) is 4.84. The third-order valence-corrected chi connectivity index (χ3v) is 6.21. The third kappa shape index (κ3) is 2.40. The van der Waals surface area contributed by atoms with Crippen LogP contribution >= 0.6 is 11.3 Å². The van der Waals surface area contributed by atoms with Crippen molar-refractivity contribution in [3.05, 3.63) is 35.0 Å². The van der Waals surface area contributed by atoms with E-state index in [4.69, 9.17) is 0 Å². The van der Waals surface area contributed by atoms with E-state index in [1.807, 2.05) is 12.1 Å². The number of carbonyl (C=O) groups excluding carboxylic acids is 1. The van der Waals surface area contributed by atoms with Crippen molar-refractivity contribution in [3.63, 3.8) is 0 Å². The van der Waals surface area contributed by atoms with Crippen molar-refractivity contribution in [2.75, 3.05) is 19.6 Å². The fourth-order valence-electron chi connectivity index (χ4n) is 3.82. The highest BCUT2D eigenvalue weighted by Crippen LogP contribution is 2.36. The molecular weight excluding hydrogens is 285 g/mol. The summed E-state index contributed by atoms with van der Waals surface area (Å²) in [4.78, 5) is 15.7. The lowest BCUT2D eigenvalue weighted by Crippen LogP contribution is -2.47. The predicted octanol–water partition coefficient (Wildman–Crippen LogP) is 3.96. The number of benzene rings is 1. The van der Waals surface area contributed by atoms with Crippen molar-refractivity contribution in [1.29, 1.82) is 0 Å². The van der Waals surface area contributed by atoms with Gasteiger partial charge in [0.15, 0.2) is 5.78 Å². The second-order valence-corrected chi connectivity index (χ2v) is 7.35. The molecule has 3 saturated heterocycles. The first-order chi connectivity index (χ1) is 10.2. The molecule has 110 valence electrons. The highest BCUT2D eigenvalue weighted by atomic mass is 32.1. The standard InChI is InChI=1S/C17H18FNOS/c18-14-3-1-2-12-9-16(21-17(12)14)15(20)8-13-10-19-6-4-11(13)5-7-19/h1-3,9,11,13H,4-8,10H2/t13-/m0/s1. The summed E-state index contributed by atoms with van der Waals surface area (Å²) in [7, 11) is 0. The summed E-state index contributed by atoms with van der Waals surface area (Å²) in [6.07, 6.45) is 3.09. The Morgan fingerprint density at radius 1 is 1.33 bits per heavy atom. The van der Waals surface area contributed by atoms with Crippen LogP contribution in [-0.4, -0.2) is 30.3 Å². The van der Waals surface area contributed by atoms with E-state index in [-0.39, 0.29) is 11.6 Å². The molecule has 2 nitrogen and oxygen atoms in total. The molecule has 1 atom stereocenters. The van der Waals surface area contributed by atoms with Gasteiger partial charge in [-0.15, -0.1) is 11.3 Å². The number of ketones is 1. The molecule has 3 fully saturated rings. The molecule has 21 heavy (non-hydrogen) atoms. The second kappa shape index (κ2) is 5.18. The molecule has 0 N–H and O–H groups in total. The maximum atomic E-state index is 13.7. The zero-order valence-electron chi connectivity index (χ0n) is 11.8. The maximum Gasteiger partial charge on any atom is 0.173 e. The summed E-state index contributed by atoms with van der Waals surface area (Å²) < 4.78 is 14.3. The summed E-state index contributed by atoms with van der Waals surface area (Å²) in [5.74, 6) is 1.17. The Morgan fingerprint density at radius 2 is 2.14 bits per heavy atom. The van der Waals surface area contributed by atoms with Gasteiger partial charge in [-0.3, -0.25) is 4.79 Å². The number of rotatable bonds is 3. The van der Waals surface area contributed by atoms with Crippen molar-refractivity contribution in [2.45, 2.75) is 19.3 Å². The number of thiophene rings is 1. The van der Waals surface area contributed by atoms with E-state index in [9.17, 15) is 9.18 Å². The van der Waals surface area contributed by atoms with Crippen LogP contribution < -0.4 is 0 Å². The van der Waals surface area contributed by atoms with Gasteiger partial charge in [0, 0.05) is 13.0 Å². The van der Waals surface area contributed by atoms with Crippen LogP contribution in [0.3, 0.4) is 0 Å². The van der Waals surface area contributed by atoms with Crippen molar-refractivity contribution in [3.8, 4) is 0 Å². The first kappa shape index (κ1) is 13.4. The molecule has 0 saturated carbocycles. The van der Waals surface area contributed by atoms with Crippen molar-refractivity contribution < 1.29 is 9.18 Å². The van der Waals surface area contributed by atoms with E-state index >= 15 is 0 Å². The average Bonchev–Trinajstić information content (AvgIpc) is 2.94. The van der Waals surface area contributed by atoms with Crippen LogP contribution in [0.1, 0.15) is 28.9 Å². The summed E-state index contributed by atoms with van der Waals surface area (Å²) in [6, 6.07) is 6.89. The van der Waals surface area contributed by atoms with E-state index in [1.54, 1.807) is 6.07 Å². The quantitative estimate of drug-likeness (QED) is 0.800. The third-order valence-electron chi connectivity index (χ3n) is 5.01. The average molecular weight is 303 g/mol. The molecule has 3 aliphatic rings. The van der Waals surface area contributed by atoms with Crippen LogP contribution in [0.5, 0.6) is 0 Å². The van der Waals surface area contributed by atoms with Crippen molar-refractivity contribution in [1.82, 2.24) is 4.90 Å². The lowest BCUT2D eigenvalue weighted by Gasteiger charge is -2.44. The molecule has 5 rings (SSSR count). The number of carbonyl (C=O) groups is 1. The number of hydrogen-bond donors (Lipinski definition) is 0. The summed E-state index contributed by atoms with van der Waals surface area (Å²) >= 11 is 1.30. The summed E-state index contributed by atoms with van der Waals surface area (Å²) in [6.45, 7) is 3.46. The maximum absolute atomic E-state index is 13.7. The second-order valence-electron chi connectivity index (χ2n) is 6.29. The Bertz CT molecular complexity index is 687. The van der Waals surface area contributed by atoms with Gasteiger partial charge in [-0.05, 0) is 55.3 Å². The number of piperidine rings is 3. The molecular formula is C17H18FNOS. The molecule has 3 aliphatic heterocycles. The Labute approximate surface area is 127 Å². The number of halogens is 1. The lowest BCUT2D eigenvalue weighted by atomic mass is 9.76. The zero-order valence-corrected chi connectivity index (χ0v) is 12.7. The van der Waals surface area contributed by atoms with Gasteiger partial charge in [0.1, 0.15) is 5.82 Å². The topological polar surface area (TPSA) is 20.3 Å². The molecule has 0 spiro atoms. The largest absolute Gasteiger partial charge is 0.303 e.